The summed E-state index contributed by atoms with van der Waals surface area (Å²) >= 11 is 1.70. The van der Waals surface area contributed by atoms with E-state index in [0.717, 1.165) is 12.8 Å². The molecule has 8 heteroatoms. The highest BCUT2D eigenvalue weighted by Gasteiger charge is 2.47. The van der Waals surface area contributed by atoms with Crippen LogP contribution in [0.5, 0.6) is 0 Å². The number of aliphatic hydroxyl groups is 1. The van der Waals surface area contributed by atoms with Gasteiger partial charge >= 0.3 is 0 Å². The van der Waals surface area contributed by atoms with Crippen LogP contribution >= 0.6 is 11.3 Å². The molecule has 134 valence electrons. The number of amides is 1. The molecular weight excluding hydrogens is 348 g/mol. The molecule has 1 aromatic rings. The normalized spacial score (nSPS) is 26.5. The Kier molecular flexibility index (Phi) is 5.59. The third-order valence-corrected chi connectivity index (χ3v) is 7.53. The molecular formula is C16H24N2O4S2. The van der Waals surface area contributed by atoms with Gasteiger partial charge in [-0.3, -0.25) is 9.69 Å². The van der Waals surface area contributed by atoms with Gasteiger partial charge in [-0.25, -0.2) is 8.42 Å². The van der Waals surface area contributed by atoms with Gasteiger partial charge in [-0.15, -0.1) is 11.3 Å². The summed E-state index contributed by atoms with van der Waals surface area (Å²) in [5, 5.41) is 11.2. The van der Waals surface area contributed by atoms with E-state index in [1.54, 1.807) is 16.2 Å². The first-order valence-electron chi connectivity index (χ1n) is 8.37. The van der Waals surface area contributed by atoms with Gasteiger partial charge in [0.15, 0.2) is 9.84 Å². The van der Waals surface area contributed by atoms with Crippen molar-refractivity contribution in [2.45, 2.75) is 31.3 Å². The SMILES string of the molecule is O=C(CCCc1cccs1)N1CCN(CCO)[C@H]2CS(=O)(=O)C[C@H]21. The molecule has 2 aliphatic rings. The van der Waals surface area contributed by atoms with Gasteiger partial charge in [0.25, 0.3) is 0 Å². The lowest BCUT2D eigenvalue weighted by molar-refractivity contribution is -0.137. The molecule has 0 radical (unpaired) electrons. The summed E-state index contributed by atoms with van der Waals surface area (Å²) in [4.78, 5) is 17.7. The quantitative estimate of drug-likeness (QED) is 0.781. The Morgan fingerprint density at radius 3 is 2.79 bits per heavy atom. The molecule has 1 N–H and O–H groups in total. The number of carbonyl (C=O) groups is 1. The summed E-state index contributed by atoms with van der Waals surface area (Å²) in [5.74, 6) is 0.203. The number of carbonyl (C=O) groups excluding carboxylic acids is 1. The van der Waals surface area contributed by atoms with E-state index in [0.29, 0.717) is 26.1 Å². The van der Waals surface area contributed by atoms with Gasteiger partial charge in [-0.2, -0.15) is 0 Å². The van der Waals surface area contributed by atoms with Gasteiger partial charge in [0.05, 0.1) is 24.2 Å². The molecule has 3 heterocycles. The predicted octanol–water partition coefficient (Wildman–Crippen LogP) is 0.373. The summed E-state index contributed by atoms with van der Waals surface area (Å²) in [6.07, 6.45) is 2.14. The van der Waals surface area contributed by atoms with E-state index in [1.807, 2.05) is 16.3 Å². The van der Waals surface area contributed by atoms with Crippen LogP contribution in [0.3, 0.4) is 0 Å². The van der Waals surface area contributed by atoms with Gasteiger partial charge in [0.2, 0.25) is 5.91 Å². The average molecular weight is 373 g/mol. The van der Waals surface area contributed by atoms with Crippen LogP contribution in [0.25, 0.3) is 0 Å². The number of sulfone groups is 1. The smallest absolute Gasteiger partial charge is 0.222 e. The Hall–Kier alpha value is -0.960. The van der Waals surface area contributed by atoms with Crippen LogP contribution in [0.1, 0.15) is 17.7 Å². The minimum Gasteiger partial charge on any atom is -0.395 e. The van der Waals surface area contributed by atoms with Crippen molar-refractivity contribution in [3.05, 3.63) is 22.4 Å². The zero-order chi connectivity index (χ0) is 17.2. The van der Waals surface area contributed by atoms with Crippen LogP contribution < -0.4 is 0 Å². The number of hydrogen-bond donors (Lipinski definition) is 1. The van der Waals surface area contributed by atoms with Crippen LogP contribution in [0.4, 0.5) is 0 Å². The molecule has 3 rings (SSSR count). The molecule has 1 aromatic heterocycles. The maximum atomic E-state index is 12.6. The molecule has 24 heavy (non-hydrogen) atoms. The summed E-state index contributed by atoms with van der Waals surface area (Å²) in [6, 6.07) is 3.65. The largest absolute Gasteiger partial charge is 0.395 e. The second-order valence-corrected chi connectivity index (χ2v) is 9.68. The van der Waals surface area contributed by atoms with E-state index in [4.69, 9.17) is 0 Å². The van der Waals surface area contributed by atoms with E-state index in [1.165, 1.54) is 4.88 Å². The summed E-state index contributed by atoms with van der Waals surface area (Å²) in [5.41, 5.74) is 0. The number of aryl methyl sites for hydroxylation is 1. The molecule has 0 bridgehead atoms. The lowest BCUT2D eigenvalue weighted by Gasteiger charge is -2.43. The molecule has 2 aliphatic heterocycles. The molecule has 2 saturated heterocycles. The number of hydrogen-bond acceptors (Lipinski definition) is 6. The number of nitrogens with zero attached hydrogens (tertiary/aromatic N) is 2. The third kappa shape index (κ3) is 3.99. The van der Waals surface area contributed by atoms with Gasteiger partial charge < -0.3 is 10.0 Å². The molecule has 0 spiro atoms. The Morgan fingerprint density at radius 1 is 1.29 bits per heavy atom. The monoisotopic (exact) mass is 372 g/mol. The van der Waals surface area contributed by atoms with Crippen molar-refractivity contribution in [2.75, 3.05) is 37.7 Å². The summed E-state index contributed by atoms with van der Waals surface area (Å²) in [7, 11) is -3.12. The van der Waals surface area contributed by atoms with Crippen molar-refractivity contribution in [1.29, 1.82) is 0 Å². The van der Waals surface area contributed by atoms with E-state index in [-0.39, 0.29) is 36.1 Å². The summed E-state index contributed by atoms with van der Waals surface area (Å²) < 4.78 is 24.1. The number of piperazine rings is 1. The van der Waals surface area contributed by atoms with Crippen molar-refractivity contribution < 1.29 is 18.3 Å². The van der Waals surface area contributed by atoms with Crippen LogP contribution in [0, 0.1) is 0 Å². The lowest BCUT2D eigenvalue weighted by atomic mass is 10.0. The number of fused-ring (bicyclic) bond motifs is 1. The molecule has 2 atom stereocenters. The highest BCUT2D eigenvalue weighted by molar-refractivity contribution is 7.91. The number of aliphatic hydroxyl groups excluding tert-OH is 1. The first-order chi connectivity index (χ1) is 11.5. The summed E-state index contributed by atoms with van der Waals surface area (Å²) in [6.45, 7) is 1.66. The highest BCUT2D eigenvalue weighted by Crippen LogP contribution is 2.27. The zero-order valence-electron chi connectivity index (χ0n) is 13.6. The van der Waals surface area contributed by atoms with Crippen LogP contribution in [0.2, 0.25) is 0 Å². The average Bonchev–Trinajstić information content (AvgIpc) is 3.14. The molecule has 0 aliphatic carbocycles. The fourth-order valence-electron chi connectivity index (χ4n) is 3.75. The Labute approximate surface area is 147 Å². The molecule has 0 aromatic carbocycles. The van der Waals surface area contributed by atoms with Gasteiger partial charge in [0.1, 0.15) is 0 Å². The van der Waals surface area contributed by atoms with Crippen molar-refractivity contribution in [1.82, 2.24) is 9.80 Å². The fraction of sp³-hybridized carbons (Fsp3) is 0.688. The van der Waals surface area contributed by atoms with E-state index >= 15 is 0 Å². The van der Waals surface area contributed by atoms with Gasteiger partial charge in [-0.05, 0) is 24.3 Å². The van der Waals surface area contributed by atoms with Gasteiger partial charge in [0, 0.05) is 37.0 Å². The highest BCUT2D eigenvalue weighted by atomic mass is 32.2. The minimum atomic E-state index is -3.12. The van der Waals surface area contributed by atoms with E-state index in [2.05, 4.69) is 6.07 Å². The maximum Gasteiger partial charge on any atom is 0.222 e. The molecule has 6 nitrogen and oxygen atoms in total. The molecule has 0 saturated carbocycles. The van der Waals surface area contributed by atoms with E-state index in [9.17, 15) is 18.3 Å². The second-order valence-electron chi connectivity index (χ2n) is 6.49. The number of thiophene rings is 1. The number of rotatable bonds is 6. The number of β-amino-alcohol motifs (C(OH)–C–C–N with tert-alkyl or cyclic N) is 1. The van der Waals surface area contributed by atoms with Crippen molar-refractivity contribution in [3.8, 4) is 0 Å². The van der Waals surface area contributed by atoms with E-state index < -0.39 is 9.84 Å². The first kappa shape index (κ1) is 17.8. The van der Waals surface area contributed by atoms with Crippen LogP contribution in [0.15, 0.2) is 17.5 Å². The first-order valence-corrected chi connectivity index (χ1v) is 11.1. The molecule has 2 fully saturated rings. The fourth-order valence-corrected chi connectivity index (χ4v) is 6.52. The standard InChI is InChI=1S/C16H24N2O4S2/c19-9-8-17-6-7-18(15-12-24(21,22)11-14(15)17)16(20)5-1-3-13-4-2-10-23-13/h2,4,10,14-15,19H,1,3,5-9,11-12H2/t14-,15+/m0/s1. The second kappa shape index (κ2) is 7.51. The predicted molar refractivity (Wildman–Crippen MR) is 93.9 cm³/mol. The van der Waals surface area contributed by atoms with Crippen molar-refractivity contribution in [2.24, 2.45) is 0 Å². The lowest BCUT2D eigenvalue weighted by Crippen LogP contribution is -2.61. The maximum absolute atomic E-state index is 12.6. The molecule has 1 amide bonds. The van der Waals surface area contributed by atoms with Crippen LogP contribution in [-0.2, 0) is 21.1 Å². The minimum absolute atomic E-state index is 0.0119. The van der Waals surface area contributed by atoms with Crippen molar-refractivity contribution in [3.63, 3.8) is 0 Å². The Balaban J connectivity index is 1.61. The Bertz CT molecular complexity index is 660. The topological polar surface area (TPSA) is 77.9 Å². The van der Waals surface area contributed by atoms with Crippen molar-refractivity contribution >= 4 is 27.1 Å². The third-order valence-electron chi connectivity index (χ3n) is 4.89. The van der Waals surface area contributed by atoms with Gasteiger partial charge in [-0.1, -0.05) is 6.07 Å². The zero-order valence-corrected chi connectivity index (χ0v) is 15.3. The molecule has 0 unspecified atom stereocenters. The van der Waals surface area contributed by atoms with Crippen LogP contribution in [-0.4, -0.2) is 79.1 Å². The Morgan fingerprint density at radius 2 is 2.08 bits per heavy atom.